The summed E-state index contributed by atoms with van der Waals surface area (Å²) >= 11 is 1.68. The van der Waals surface area contributed by atoms with Crippen molar-refractivity contribution in [2.75, 3.05) is 19.6 Å². The molecular weight excluding hydrogens is 326 g/mol. The lowest BCUT2D eigenvalue weighted by atomic mass is 10.4. The van der Waals surface area contributed by atoms with Gasteiger partial charge < -0.3 is 20.4 Å². The van der Waals surface area contributed by atoms with Crippen LogP contribution in [0, 0.1) is 0 Å². The Labute approximate surface area is 145 Å². The third-order valence-electron chi connectivity index (χ3n) is 3.11. The number of amides is 1. The third kappa shape index (κ3) is 5.69. The molecule has 1 amide bonds. The van der Waals surface area contributed by atoms with Crippen molar-refractivity contribution in [2.24, 2.45) is 4.99 Å². The van der Waals surface area contributed by atoms with Crippen molar-refractivity contribution in [2.45, 2.75) is 26.8 Å². The van der Waals surface area contributed by atoms with E-state index in [-0.39, 0.29) is 5.91 Å². The van der Waals surface area contributed by atoms with Crippen LogP contribution in [0.3, 0.4) is 0 Å². The minimum absolute atomic E-state index is 0.223. The van der Waals surface area contributed by atoms with Crippen LogP contribution in [0.15, 0.2) is 34.0 Å². The van der Waals surface area contributed by atoms with E-state index in [1.165, 1.54) is 11.1 Å². The molecule has 0 fully saturated rings. The summed E-state index contributed by atoms with van der Waals surface area (Å²) in [6.45, 7) is 6.47. The lowest BCUT2D eigenvalue weighted by Crippen LogP contribution is -2.41. The van der Waals surface area contributed by atoms with Crippen molar-refractivity contribution in [1.29, 1.82) is 0 Å². The van der Waals surface area contributed by atoms with E-state index in [0.717, 1.165) is 18.0 Å². The number of nitrogens with zero attached hydrogens (tertiary/aromatic N) is 2. The summed E-state index contributed by atoms with van der Waals surface area (Å²) in [6, 6.07) is 3.32. The van der Waals surface area contributed by atoms with Gasteiger partial charge in [0.25, 0.3) is 5.91 Å². The Hall–Kier alpha value is -2.35. The molecule has 2 rings (SSSR count). The monoisotopic (exact) mass is 349 g/mol. The van der Waals surface area contributed by atoms with Gasteiger partial charge in [-0.2, -0.15) is 0 Å². The average molecular weight is 349 g/mol. The van der Waals surface area contributed by atoms with E-state index in [1.54, 1.807) is 23.5 Å². The number of rotatable bonds is 8. The number of hydrogen-bond donors (Lipinski definition) is 3. The van der Waals surface area contributed by atoms with Crippen molar-refractivity contribution in [3.8, 4) is 0 Å². The van der Waals surface area contributed by atoms with Crippen molar-refractivity contribution in [3.63, 3.8) is 0 Å². The molecule has 0 aliphatic rings. The van der Waals surface area contributed by atoms with E-state index in [9.17, 15) is 4.79 Å². The molecule has 2 aromatic rings. The minimum atomic E-state index is -0.223. The molecule has 0 aromatic carbocycles. The fourth-order valence-corrected chi connectivity index (χ4v) is 2.71. The van der Waals surface area contributed by atoms with E-state index in [1.807, 2.05) is 13.1 Å². The zero-order valence-corrected chi connectivity index (χ0v) is 14.8. The first-order chi connectivity index (χ1) is 11.7. The fourth-order valence-electron chi connectivity index (χ4n) is 1.92. The van der Waals surface area contributed by atoms with E-state index < -0.39 is 0 Å². The maximum Gasteiger partial charge on any atom is 0.287 e. The summed E-state index contributed by atoms with van der Waals surface area (Å²) in [4.78, 5) is 21.9. The number of thiazole rings is 1. The maximum atomic E-state index is 11.7. The van der Waals surface area contributed by atoms with Crippen LogP contribution in [0.5, 0.6) is 0 Å². The molecule has 0 spiro atoms. The predicted octanol–water partition coefficient (Wildman–Crippen LogP) is 1.78. The maximum absolute atomic E-state index is 11.7. The molecule has 0 radical (unpaired) electrons. The molecule has 0 aliphatic carbocycles. The Morgan fingerprint density at radius 1 is 1.29 bits per heavy atom. The first-order valence-electron chi connectivity index (χ1n) is 8.00. The number of nitrogens with one attached hydrogen (secondary N) is 3. The van der Waals surface area contributed by atoms with Gasteiger partial charge in [0, 0.05) is 30.7 Å². The molecule has 0 saturated carbocycles. The van der Waals surface area contributed by atoms with E-state index in [0.29, 0.717) is 31.4 Å². The lowest BCUT2D eigenvalue weighted by Gasteiger charge is -2.11. The number of aryl methyl sites for hydroxylation is 1. The average Bonchev–Trinajstić information content (AvgIpc) is 3.27. The Balaban J connectivity index is 1.75. The van der Waals surface area contributed by atoms with Crippen molar-refractivity contribution >= 4 is 23.2 Å². The van der Waals surface area contributed by atoms with Crippen LogP contribution >= 0.6 is 11.3 Å². The summed E-state index contributed by atoms with van der Waals surface area (Å²) in [5, 5.41) is 10.1. The molecule has 0 saturated heterocycles. The highest BCUT2D eigenvalue weighted by atomic mass is 32.1. The Morgan fingerprint density at radius 2 is 2.12 bits per heavy atom. The summed E-state index contributed by atoms with van der Waals surface area (Å²) in [5.74, 6) is 0.794. The highest BCUT2D eigenvalue weighted by Gasteiger charge is 2.07. The summed E-state index contributed by atoms with van der Waals surface area (Å²) < 4.78 is 5.04. The number of hydrogen-bond acceptors (Lipinski definition) is 5. The standard InChI is InChI=1S/C16H23N5O2S/c1-3-12-10-20-14(24-12)11-21-16(17-4-2)19-8-7-18-15(22)13-6-5-9-23-13/h5-6,9-10H,3-4,7-8,11H2,1-2H3,(H,18,22)(H2,17,19,21). The second-order valence-electron chi connectivity index (χ2n) is 4.93. The van der Waals surface area contributed by atoms with Gasteiger partial charge in [0.05, 0.1) is 12.8 Å². The van der Waals surface area contributed by atoms with Gasteiger partial charge in [-0.3, -0.25) is 4.79 Å². The van der Waals surface area contributed by atoms with Gasteiger partial charge >= 0.3 is 0 Å². The smallest absolute Gasteiger partial charge is 0.287 e. The van der Waals surface area contributed by atoms with Crippen molar-refractivity contribution < 1.29 is 9.21 Å². The quantitative estimate of drug-likeness (QED) is 0.384. The molecule has 0 bridgehead atoms. The first kappa shape index (κ1) is 18.0. The zero-order chi connectivity index (χ0) is 17.2. The molecule has 2 aromatic heterocycles. The third-order valence-corrected chi connectivity index (χ3v) is 4.24. The van der Waals surface area contributed by atoms with Crippen LogP contribution in [-0.4, -0.2) is 36.5 Å². The van der Waals surface area contributed by atoms with Crippen LogP contribution in [0.2, 0.25) is 0 Å². The van der Waals surface area contributed by atoms with Gasteiger partial charge in [0.1, 0.15) is 5.01 Å². The normalized spacial score (nSPS) is 11.3. The molecule has 0 aliphatic heterocycles. The van der Waals surface area contributed by atoms with E-state index in [2.05, 4.69) is 32.9 Å². The summed E-state index contributed by atoms with van der Waals surface area (Å²) in [7, 11) is 0. The predicted molar refractivity (Wildman–Crippen MR) is 95.4 cm³/mol. The molecule has 8 heteroatoms. The fraction of sp³-hybridized carbons (Fsp3) is 0.438. The van der Waals surface area contributed by atoms with Crippen LogP contribution in [0.25, 0.3) is 0 Å². The number of aliphatic imine (C=N–C) groups is 1. The minimum Gasteiger partial charge on any atom is -0.459 e. The van der Waals surface area contributed by atoms with Gasteiger partial charge in [-0.25, -0.2) is 9.98 Å². The Morgan fingerprint density at radius 3 is 2.79 bits per heavy atom. The number of aromatic nitrogens is 1. The van der Waals surface area contributed by atoms with Gasteiger partial charge in [0.15, 0.2) is 11.7 Å². The number of furan rings is 1. The summed E-state index contributed by atoms with van der Waals surface area (Å²) in [5.41, 5.74) is 0. The highest BCUT2D eigenvalue weighted by Crippen LogP contribution is 2.13. The number of carbonyl (C=O) groups is 1. The lowest BCUT2D eigenvalue weighted by molar-refractivity contribution is 0.0926. The first-order valence-corrected chi connectivity index (χ1v) is 8.82. The molecule has 0 atom stereocenters. The van der Waals surface area contributed by atoms with Crippen LogP contribution in [0.1, 0.15) is 34.3 Å². The van der Waals surface area contributed by atoms with E-state index in [4.69, 9.17) is 4.42 Å². The number of guanidine groups is 1. The largest absolute Gasteiger partial charge is 0.459 e. The molecule has 7 nitrogen and oxygen atoms in total. The van der Waals surface area contributed by atoms with E-state index >= 15 is 0 Å². The highest BCUT2D eigenvalue weighted by molar-refractivity contribution is 7.11. The molecule has 2 heterocycles. The molecule has 0 unspecified atom stereocenters. The van der Waals surface area contributed by atoms with Gasteiger partial charge in [0.2, 0.25) is 0 Å². The molecular formula is C16H23N5O2S. The van der Waals surface area contributed by atoms with Gasteiger partial charge in [-0.05, 0) is 25.5 Å². The van der Waals surface area contributed by atoms with Crippen molar-refractivity contribution in [3.05, 3.63) is 40.2 Å². The van der Waals surface area contributed by atoms with Gasteiger partial charge in [-0.15, -0.1) is 11.3 Å². The SMILES string of the molecule is CCNC(=NCc1ncc(CC)s1)NCCNC(=O)c1ccco1. The summed E-state index contributed by atoms with van der Waals surface area (Å²) in [6.07, 6.45) is 4.38. The second kappa shape index (κ2) is 9.71. The molecule has 24 heavy (non-hydrogen) atoms. The molecule has 3 N–H and O–H groups in total. The van der Waals surface area contributed by atoms with Crippen LogP contribution in [-0.2, 0) is 13.0 Å². The van der Waals surface area contributed by atoms with Crippen LogP contribution in [0.4, 0.5) is 0 Å². The zero-order valence-electron chi connectivity index (χ0n) is 14.0. The van der Waals surface area contributed by atoms with Crippen molar-refractivity contribution in [1.82, 2.24) is 20.9 Å². The Bertz CT molecular complexity index is 651. The molecule has 130 valence electrons. The van der Waals surface area contributed by atoms with Gasteiger partial charge in [-0.1, -0.05) is 6.92 Å². The topological polar surface area (TPSA) is 91.5 Å². The second-order valence-corrected chi connectivity index (χ2v) is 6.13. The number of carbonyl (C=O) groups excluding carboxylic acids is 1. The Kier molecular flexibility index (Phi) is 7.28. The van der Waals surface area contributed by atoms with Crippen LogP contribution < -0.4 is 16.0 Å².